The molecule has 1 amide bonds. The standard InChI is InChI=1S/C17H19ClF3N7O3/c1-8(17(20,21)7-31-16(23)24)12-9(19)2-3-10(26-12)27-15(29)13-14(22)28-11(6-25-13)30-5-4-18/h2-3,6,8H,4-5,7H2,1H3,(H2,22,28)(H3,23,24)(H,26,27,29)/t8-/m0/s1. The van der Waals surface area contributed by atoms with Crippen LogP contribution < -0.4 is 21.5 Å². The van der Waals surface area contributed by atoms with E-state index < -0.39 is 41.9 Å². The van der Waals surface area contributed by atoms with Gasteiger partial charge in [0.25, 0.3) is 17.9 Å². The van der Waals surface area contributed by atoms with Crippen molar-refractivity contribution in [1.82, 2.24) is 15.0 Å². The third-order valence-corrected chi connectivity index (χ3v) is 4.05. The number of rotatable bonds is 9. The van der Waals surface area contributed by atoms with Crippen LogP contribution in [0.5, 0.6) is 5.88 Å². The van der Waals surface area contributed by atoms with E-state index in [1.807, 2.05) is 0 Å². The van der Waals surface area contributed by atoms with Crippen molar-refractivity contribution in [2.24, 2.45) is 5.73 Å². The molecule has 1 atom stereocenters. The van der Waals surface area contributed by atoms with Crippen molar-refractivity contribution in [1.29, 1.82) is 5.41 Å². The van der Waals surface area contributed by atoms with Crippen LogP contribution in [0.4, 0.5) is 24.8 Å². The van der Waals surface area contributed by atoms with Crippen LogP contribution in [0.2, 0.25) is 0 Å². The van der Waals surface area contributed by atoms with Gasteiger partial charge in [-0.2, -0.15) is 4.98 Å². The minimum absolute atomic E-state index is 0.0562. The van der Waals surface area contributed by atoms with E-state index in [1.165, 1.54) is 0 Å². The first-order chi connectivity index (χ1) is 14.5. The van der Waals surface area contributed by atoms with Gasteiger partial charge in [0.1, 0.15) is 18.2 Å². The highest BCUT2D eigenvalue weighted by atomic mass is 35.5. The second-order valence-electron chi connectivity index (χ2n) is 6.13. The molecule has 0 aliphatic heterocycles. The summed E-state index contributed by atoms with van der Waals surface area (Å²) >= 11 is 5.50. The predicted octanol–water partition coefficient (Wildman–Crippen LogP) is 2.11. The van der Waals surface area contributed by atoms with Gasteiger partial charge in [-0.15, -0.1) is 11.6 Å². The number of hydrogen-bond donors (Lipinski definition) is 4. The number of anilines is 2. The zero-order chi connectivity index (χ0) is 23.2. The molecule has 2 rings (SSSR count). The summed E-state index contributed by atoms with van der Waals surface area (Å²) in [6, 6.07) is 1.04. The summed E-state index contributed by atoms with van der Waals surface area (Å²) in [5.41, 5.74) is 9.70. The molecule has 0 aliphatic carbocycles. The van der Waals surface area contributed by atoms with E-state index in [1.54, 1.807) is 0 Å². The summed E-state index contributed by atoms with van der Waals surface area (Å²) in [7, 11) is 0. The number of hydrogen-bond acceptors (Lipinski definition) is 8. The third-order valence-electron chi connectivity index (χ3n) is 3.90. The summed E-state index contributed by atoms with van der Waals surface area (Å²) < 4.78 is 52.1. The fourth-order valence-corrected chi connectivity index (χ4v) is 2.36. The summed E-state index contributed by atoms with van der Waals surface area (Å²) in [5.74, 6) is -7.44. The lowest BCUT2D eigenvalue weighted by Crippen LogP contribution is -2.34. The van der Waals surface area contributed by atoms with Crippen molar-refractivity contribution in [3.63, 3.8) is 0 Å². The van der Waals surface area contributed by atoms with Gasteiger partial charge in [0.15, 0.2) is 18.1 Å². The van der Waals surface area contributed by atoms with Crippen LogP contribution in [0, 0.1) is 11.2 Å². The zero-order valence-corrected chi connectivity index (χ0v) is 16.9. The highest BCUT2D eigenvalue weighted by Gasteiger charge is 2.41. The molecule has 2 aromatic heterocycles. The first-order valence-corrected chi connectivity index (χ1v) is 9.22. The minimum Gasteiger partial charge on any atom is -0.475 e. The summed E-state index contributed by atoms with van der Waals surface area (Å²) in [6.45, 7) is -0.0707. The van der Waals surface area contributed by atoms with E-state index in [4.69, 9.17) is 33.2 Å². The lowest BCUT2D eigenvalue weighted by molar-refractivity contribution is -0.0659. The number of ether oxygens (including phenoxy) is 2. The summed E-state index contributed by atoms with van der Waals surface area (Å²) in [6.07, 6.45) is 1.15. The Balaban J connectivity index is 2.20. The molecule has 31 heavy (non-hydrogen) atoms. The monoisotopic (exact) mass is 461 g/mol. The van der Waals surface area contributed by atoms with Gasteiger partial charge in [-0.25, -0.2) is 23.1 Å². The van der Waals surface area contributed by atoms with E-state index in [9.17, 15) is 18.0 Å². The fraction of sp³-hybridized carbons (Fsp3) is 0.353. The van der Waals surface area contributed by atoms with Gasteiger partial charge in [0, 0.05) is 0 Å². The SMILES string of the molecule is C[C@@H](c1nc(NC(=O)c2ncc(OCCCl)nc2N)ccc1F)C(F)(F)COC(=N)N. The Labute approximate surface area is 179 Å². The van der Waals surface area contributed by atoms with Gasteiger partial charge in [-0.05, 0) is 12.1 Å². The van der Waals surface area contributed by atoms with Crippen LogP contribution in [-0.2, 0) is 4.74 Å². The Morgan fingerprint density at radius 1 is 1.39 bits per heavy atom. The molecule has 0 saturated heterocycles. The highest BCUT2D eigenvalue weighted by Crippen LogP contribution is 2.34. The number of nitrogens with one attached hydrogen (secondary N) is 2. The number of nitrogen functional groups attached to an aromatic ring is 1. The third kappa shape index (κ3) is 6.31. The van der Waals surface area contributed by atoms with Crippen LogP contribution in [0.3, 0.4) is 0 Å². The van der Waals surface area contributed by atoms with Gasteiger partial charge in [0.05, 0.1) is 23.7 Å². The lowest BCUT2D eigenvalue weighted by Gasteiger charge is -2.23. The number of carbonyl (C=O) groups is 1. The molecule has 168 valence electrons. The molecule has 0 radical (unpaired) electrons. The van der Waals surface area contributed by atoms with E-state index in [2.05, 4.69) is 25.0 Å². The number of nitrogens with zero attached hydrogens (tertiary/aromatic N) is 3. The maximum Gasteiger partial charge on any atom is 0.289 e. The number of amides is 1. The van der Waals surface area contributed by atoms with Crippen LogP contribution >= 0.6 is 11.6 Å². The van der Waals surface area contributed by atoms with Crippen molar-refractivity contribution in [3.8, 4) is 5.88 Å². The quantitative estimate of drug-likeness (QED) is 0.250. The molecule has 0 aromatic carbocycles. The second kappa shape index (κ2) is 10.1. The van der Waals surface area contributed by atoms with E-state index in [0.29, 0.717) is 0 Å². The Hall–Kier alpha value is -3.35. The number of amidine groups is 1. The zero-order valence-electron chi connectivity index (χ0n) is 16.2. The number of aromatic nitrogens is 3. The summed E-state index contributed by atoms with van der Waals surface area (Å²) in [5, 5.41) is 9.16. The Morgan fingerprint density at radius 3 is 2.71 bits per heavy atom. The fourth-order valence-electron chi connectivity index (χ4n) is 2.28. The van der Waals surface area contributed by atoms with E-state index >= 15 is 0 Å². The number of carbonyl (C=O) groups excluding carboxylic acids is 1. The number of halogens is 4. The molecule has 0 spiro atoms. The van der Waals surface area contributed by atoms with Gasteiger partial charge >= 0.3 is 0 Å². The van der Waals surface area contributed by atoms with Crippen LogP contribution in [0.15, 0.2) is 18.3 Å². The van der Waals surface area contributed by atoms with E-state index in [0.717, 1.165) is 25.3 Å². The Kier molecular flexibility index (Phi) is 7.80. The highest BCUT2D eigenvalue weighted by molar-refractivity contribution is 6.18. The Morgan fingerprint density at radius 2 is 2.10 bits per heavy atom. The molecule has 0 unspecified atom stereocenters. The molecule has 6 N–H and O–H groups in total. The minimum atomic E-state index is -3.60. The molecule has 2 heterocycles. The number of alkyl halides is 3. The lowest BCUT2D eigenvalue weighted by atomic mass is 9.99. The predicted molar refractivity (Wildman–Crippen MR) is 106 cm³/mol. The summed E-state index contributed by atoms with van der Waals surface area (Å²) in [4.78, 5) is 23.9. The molecular weight excluding hydrogens is 443 g/mol. The van der Waals surface area contributed by atoms with Crippen molar-refractivity contribution in [2.45, 2.75) is 18.8 Å². The normalized spacial score (nSPS) is 12.2. The maximum atomic E-state index is 14.3. The van der Waals surface area contributed by atoms with Crippen molar-refractivity contribution in [3.05, 3.63) is 35.5 Å². The van der Waals surface area contributed by atoms with Crippen molar-refractivity contribution < 1.29 is 27.4 Å². The van der Waals surface area contributed by atoms with E-state index in [-0.39, 0.29) is 35.7 Å². The maximum absolute atomic E-state index is 14.3. The number of pyridine rings is 1. The smallest absolute Gasteiger partial charge is 0.289 e. The van der Waals surface area contributed by atoms with Crippen molar-refractivity contribution >= 4 is 35.2 Å². The molecule has 14 heteroatoms. The first kappa shape index (κ1) is 23.9. The largest absolute Gasteiger partial charge is 0.475 e. The molecule has 0 bridgehead atoms. The van der Waals surface area contributed by atoms with Gasteiger partial charge in [0.2, 0.25) is 5.88 Å². The van der Waals surface area contributed by atoms with Gasteiger partial charge in [-0.1, -0.05) is 6.92 Å². The van der Waals surface area contributed by atoms with Gasteiger partial charge in [-0.3, -0.25) is 10.2 Å². The van der Waals surface area contributed by atoms with Crippen LogP contribution in [0.1, 0.15) is 29.0 Å². The van der Waals surface area contributed by atoms with Crippen molar-refractivity contribution in [2.75, 3.05) is 30.1 Å². The average Bonchev–Trinajstić information content (AvgIpc) is 2.71. The first-order valence-electron chi connectivity index (χ1n) is 8.69. The molecular formula is C17H19ClF3N7O3. The Bertz CT molecular complexity index is 965. The van der Waals surface area contributed by atoms with Crippen LogP contribution in [-0.4, -0.2) is 51.9 Å². The van der Waals surface area contributed by atoms with Gasteiger partial charge < -0.3 is 26.3 Å². The molecule has 0 aliphatic rings. The average molecular weight is 462 g/mol. The number of nitrogens with two attached hydrogens (primary N) is 2. The molecule has 0 fully saturated rings. The molecule has 10 nitrogen and oxygen atoms in total. The topological polar surface area (TPSA) is 162 Å². The second-order valence-corrected chi connectivity index (χ2v) is 6.51. The molecule has 2 aromatic rings. The molecule has 0 saturated carbocycles. The van der Waals surface area contributed by atoms with Crippen LogP contribution in [0.25, 0.3) is 0 Å².